The van der Waals surface area contributed by atoms with Crippen LogP contribution in [-0.2, 0) is 0 Å². The van der Waals surface area contributed by atoms with Crippen LogP contribution in [0.15, 0.2) is 12.2 Å². The van der Waals surface area contributed by atoms with Crippen LogP contribution in [0, 0.1) is 17.8 Å². The van der Waals surface area contributed by atoms with Gasteiger partial charge in [0.05, 0.1) is 0 Å². The summed E-state index contributed by atoms with van der Waals surface area (Å²) in [6.45, 7) is 1.08. The third-order valence-corrected chi connectivity index (χ3v) is 6.24. The smallest absolute Gasteiger partial charge is 0.0234 e. The van der Waals surface area contributed by atoms with Crippen LogP contribution >= 0.6 is 0 Å². The molecule has 0 radical (unpaired) electrons. The molecule has 0 aromatic rings. The Hall–Kier alpha value is -0.460. The lowest BCUT2D eigenvalue weighted by molar-refractivity contribution is 0.289. The number of nitrogens with one attached hydrogen (secondary N) is 1. The molecule has 4 fully saturated rings. The van der Waals surface area contributed by atoms with Crippen molar-refractivity contribution in [2.24, 2.45) is 40.7 Å². The Balaban J connectivity index is 0.000000131. The largest absolute Gasteiger partial charge is 0.327 e. The molecule has 4 aliphatic carbocycles. The van der Waals surface area contributed by atoms with Crippen molar-refractivity contribution in [2.75, 3.05) is 6.54 Å². The van der Waals surface area contributed by atoms with Crippen molar-refractivity contribution in [1.82, 2.24) is 5.32 Å². The maximum atomic E-state index is 5.99. The molecule has 0 spiro atoms. The predicted octanol–water partition coefficient (Wildman–Crippen LogP) is 0.0400. The van der Waals surface area contributed by atoms with Gasteiger partial charge in [0.1, 0.15) is 0 Å². The lowest BCUT2D eigenvalue weighted by atomic mass is 9.86. The summed E-state index contributed by atoms with van der Waals surface area (Å²) >= 11 is 0. The molecule has 0 aromatic heterocycles. The molecule has 8 atom stereocenters. The zero-order valence-corrected chi connectivity index (χ0v) is 13.5. The van der Waals surface area contributed by atoms with Gasteiger partial charge in [0.25, 0.3) is 0 Å². The summed E-state index contributed by atoms with van der Waals surface area (Å²) < 4.78 is 0. The number of piperidine rings is 1. The van der Waals surface area contributed by atoms with Gasteiger partial charge in [-0.3, -0.25) is 0 Å². The average Bonchev–Trinajstić information content (AvgIpc) is 2.90. The van der Waals surface area contributed by atoms with Crippen molar-refractivity contribution in [3.05, 3.63) is 12.2 Å². The van der Waals surface area contributed by atoms with Gasteiger partial charge in [-0.1, -0.05) is 12.2 Å². The highest BCUT2D eigenvalue weighted by molar-refractivity contribution is 5.08. The molecule has 9 N–H and O–H groups in total. The summed E-state index contributed by atoms with van der Waals surface area (Å²) in [6, 6.07) is 1.97. The van der Waals surface area contributed by atoms with Gasteiger partial charge in [-0.05, 0) is 62.8 Å². The van der Waals surface area contributed by atoms with Gasteiger partial charge >= 0.3 is 0 Å². The molecule has 0 aromatic carbocycles. The number of nitrogens with two attached hydrogens (primary N) is 4. The van der Waals surface area contributed by atoms with Crippen molar-refractivity contribution in [2.45, 2.75) is 68.7 Å². The SMILES string of the molecule is NC1CC2C=CC1CCC2N.NC1CC2NCC1CCC2N. The van der Waals surface area contributed by atoms with E-state index >= 15 is 0 Å². The Kier molecular flexibility index (Phi) is 5.20. The fourth-order valence-corrected chi connectivity index (χ4v) is 4.50. The minimum absolute atomic E-state index is 0.341. The predicted molar refractivity (Wildman–Crippen MR) is 91.0 cm³/mol. The Labute approximate surface area is 134 Å². The second-order valence-electron chi connectivity index (χ2n) is 7.77. The first-order valence-electron chi connectivity index (χ1n) is 8.98. The number of hydrogen-bond acceptors (Lipinski definition) is 5. The first kappa shape index (κ1) is 16.4. The minimum atomic E-state index is 0.341. The fourth-order valence-electron chi connectivity index (χ4n) is 4.50. The van der Waals surface area contributed by atoms with Crippen LogP contribution in [0.5, 0.6) is 0 Å². The van der Waals surface area contributed by atoms with Crippen LogP contribution in [-0.4, -0.2) is 36.8 Å². The third kappa shape index (κ3) is 3.54. The lowest BCUT2D eigenvalue weighted by Gasteiger charge is -2.32. The maximum absolute atomic E-state index is 5.99. The minimum Gasteiger partial charge on any atom is -0.327 e. The average molecular weight is 307 g/mol. The summed E-state index contributed by atoms with van der Waals surface area (Å²) in [5.74, 6) is 1.85. The van der Waals surface area contributed by atoms with Crippen molar-refractivity contribution in [3.63, 3.8) is 0 Å². The Bertz CT molecular complexity index is 399. The van der Waals surface area contributed by atoms with Gasteiger partial charge in [-0.25, -0.2) is 0 Å². The molecule has 2 saturated heterocycles. The molecule has 0 amide bonds. The van der Waals surface area contributed by atoms with Gasteiger partial charge < -0.3 is 28.3 Å². The van der Waals surface area contributed by atoms with Crippen LogP contribution in [0.4, 0.5) is 0 Å². The van der Waals surface area contributed by atoms with Gasteiger partial charge in [0.15, 0.2) is 0 Å². The molecule has 2 saturated carbocycles. The third-order valence-electron chi connectivity index (χ3n) is 6.24. The van der Waals surface area contributed by atoms with E-state index in [1.807, 2.05) is 0 Å². The second kappa shape index (κ2) is 6.97. The first-order chi connectivity index (χ1) is 10.5. The molecule has 5 heteroatoms. The summed E-state index contributed by atoms with van der Waals surface area (Å²) in [6.07, 6.45) is 11.4. The molecule has 126 valence electrons. The topological polar surface area (TPSA) is 116 Å². The van der Waals surface area contributed by atoms with E-state index in [1.165, 1.54) is 12.8 Å². The van der Waals surface area contributed by atoms with E-state index < -0.39 is 0 Å². The molecule has 4 bridgehead atoms. The van der Waals surface area contributed by atoms with Crippen LogP contribution in [0.3, 0.4) is 0 Å². The number of hydrogen-bond donors (Lipinski definition) is 5. The van der Waals surface area contributed by atoms with Crippen molar-refractivity contribution in [3.8, 4) is 0 Å². The number of fused-ring (bicyclic) bond motifs is 7. The molecule has 2 aliphatic heterocycles. The molecular formula is C17H33N5. The summed E-state index contributed by atoms with van der Waals surface area (Å²) in [4.78, 5) is 0. The monoisotopic (exact) mass is 307 g/mol. The van der Waals surface area contributed by atoms with Crippen molar-refractivity contribution < 1.29 is 0 Å². The maximum Gasteiger partial charge on any atom is 0.0234 e. The van der Waals surface area contributed by atoms with E-state index in [0.717, 1.165) is 32.2 Å². The van der Waals surface area contributed by atoms with Crippen LogP contribution < -0.4 is 28.3 Å². The van der Waals surface area contributed by atoms with Crippen LogP contribution in [0.2, 0.25) is 0 Å². The van der Waals surface area contributed by atoms with E-state index in [4.69, 9.17) is 22.9 Å². The normalized spacial score (nSPS) is 50.0. The highest BCUT2D eigenvalue weighted by atomic mass is 15.0. The van der Waals surface area contributed by atoms with Crippen molar-refractivity contribution >= 4 is 0 Å². The quantitative estimate of drug-likeness (QED) is 0.405. The zero-order chi connectivity index (χ0) is 15.7. The highest BCUT2D eigenvalue weighted by Crippen LogP contribution is 2.32. The molecule has 2 heterocycles. The van der Waals surface area contributed by atoms with Crippen molar-refractivity contribution in [1.29, 1.82) is 0 Å². The van der Waals surface area contributed by atoms with Gasteiger partial charge in [0, 0.05) is 30.2 Å². The Morgan fingerprint density at radius 2 is 1.41 bits per heavy atom. The molecule has 8 unspecified atom stereocenters. The molecule has 5 nitrogen and oxygen atoms in total. The van der Waals surface area contributed by atoms with Crippen LogP contribution in [0.1, 0.15) is 38.5 Å². The van der Waals surface area contributed by atoms with E-state index in [9.17, 15) is 0 Å². The van der Waals surface area contributed by atoms with E-state index in [0.29, 0.717) is 48.0 Å². The molecule has 6 aliphatic rings. The molecule has 6 rings (SSSR count). The summed E-state index contributed by atoms with van der Waals surface area (Å²) in [7, 11) is 0. The molecule has 22 heavy (non-hydrogen) atoms. The second-order valence-corrected chi connectivity index (χ2v) is 7.77. The van der Waals surface area contributed by atoms with Crippen LogP contribution in [0.25, 0.3) is 0 Å². The highest BCUT2D eigenvalue weighted by Gasteiger charge is 2.34. The van der Waals surface area contributed by atoms with Gasteiger partial charge in [-0.2, -0.15) is 0 Å². The van der Waals surface area contributed by atoms with Gasteiger partial charge in [0.2, 0.25) is 0 Å². The Morgan fingerprint density at radius 3 is 2.14 bits per heavy atom. The molecular weight excluding hydrogens is 274 g/mol. The zero-order valence-electron chi connectivity index (χ0n) is 13.5. The standard InChI is InChI=1S/C9H16N2.C8H17N3/c10-8-4-3-6-1-2-7(8)5-9(6)11;9-6-2-1-5-4-11-8(6)3-7(5)10/h1-2,6-9H,3-5,10-11H2;5-8,11H,1-4,9-10H2. The van der Waals surface area contributed by atoms with E-state index in [1.54, 1.807) is 0 Å². The number of rotatable bonds is 0. The lowest BCUT2D eigenvalue weighted by Crippen LogP contribution is -2.53. The fraction of sp³-hybridized carbons (Fsp3) is 0.882. The first-order valence-corrected chi connectivity index (χ1v) is 8.98. The summed E-state index contributed by atoms with van der Waals surface area (Å²) in [5, 5.41) is 3.46. The van der Waals surface area contributed by atoms with E-state index in [-0.39, 0.29) is 0 Å². The summed E-state index contributed by atoms with van der Waals surface area (Å²) in [5.41, 5.74) is 23.9. The van der Waals surface area contributed by atoms with E-state index in [2.05, 4.69) is 17.5 Å². The Morgan fingerprint density at radius 1 is 0.682 bits per heavy atom. The van der Waals surface area contributed by atoms with Gasteiger partial charge in [-0.15, -0.1) is 0 Å².